The molecular weight excluding hydrogens is 363 g/mol. The molecule has 0 saturated carbocycles. The molecule has 1 fully saturated rings. The highest BCUT2D eigenvalue weighted by molar-refractivity contribution is 6.24. The van der Waals surface area contributed by atoms with E-state index in [4.69, 9.17) is 0 Å². The van der Waals surface area contributed by atoms with Gasteiger partial charge in [-0.25, -0.2) is 4.39 Å². The van der Waals surface area contributed by atoms with Gasteiger partial charge in [-0.3, -0.25) is 4.79 Å². The normalized spacial score (nSPS) is 14.7. The van der Waals surface area contributed by atoms with Gasteiger partial charge in [0.05, 0.1) is 0 Å². The van der Waals surface area contributed by atoms with Gasteiger partial charge in [0.15, 0.2) is 0 Å². The molecule has 0 aliphatic carbocycles. The van der Waals surface area contributed by atoms with Crippen molar-refractivity contribution in [2.75, 3.05) is 31.1 Å². The first kappa shape index (κ1) is 18.9. The van der Waals surface area contributed by atoms with Crippen LogP contribution < -0.4 is 4.90 Å². The Balaban J connectivity index is 1.53. The highest BCUT2D eigenvalue weighted by Crippen LogP contribution is 2.23. The van der Waals surface area contributed by atoms with Gasteiger partial charge in [-0.1, -0.05) is 60.7 Å². The molecule has 0 spiro atoms. The number of nitrogens with zero attached hydrogens (tertiary/aromatic N) is 2. The zero-order valence-corrected chi connectivity index (χ0v) is 16.2. The largest absolute Gasteiger partial charge is 0.368 e. The lowest BCUT2D eigenvalue weighted by molar-refractivity contribution is -0.125. The Bertz CT molecular complexity index is 976. The summed E-state index contributed by atoms with van der Waals surface area (Å²) in [6, 6.07) is 26.3. The first-order valence-electron chi connectivity index (χ1n) is 9.83. The first-order chi connectivity index (χ1) is 14.2. The molecule has 1 saturated heterocycles. The molecule has 0 radical (unpaired) electrons. The van der Waals surface area contributed by atoms with E-state index in [0.717, 1.165) is 29.9 Å². The Labute approximate surface area is 170 Å². The Morgan fingerprint density at radius 2 is 1.34 bits per heavy atom. The summed E-state index contributed by atoms with van der Waals surface area (Å²) in [5.41, 5.74) is 3.61. The average molecular weight is 386 g/mol. The van der Waals surface area contributed by atoms with E-state index in [1.165, 1.54) is 12.1 Å². The average Bonchev–Trinajstić information content (AvgIpc) is 2.79. The molecule has 0 N–H and O–H groups in total. The third-order valence-electron chi connectivity index (χ3n) is 5.18. The fourth-order valence-electron chi connectivity index (χ4n) is 3.59. The van der Waals surface area contributed by atoms with Crippen LogP contribution in [0.4, 0.5) is 10.1 Å². The number of amides is 1. The molecule has 29 heavy (non-hydrogen) atoms. The fourth-order valence-corrected chi connectivity index (χ4v) is 3.59. The molecule has 1 heterocycles. The van der Waals surface area contributed by atoms with Gasteiger partial charge in [0.1, 0.15) is 5.82 Å². The van der Waals surface area contributed by atoms with E-state index < -0.39 is 0 Å². The molecule has 1 aliphatic rings. The minimum atomic E-state index is -0.235. The number of hydrogen-bond acceptors (Lipinski definition) is 2. The summed E-state index contributed by atoms with van der Waals surface area (Å²) in [7, 11) is 0. The molecular formula is C25H23FN2O. The van der Waals surface area contributed by atoms with Gasteiger partial charge < -0.3 is 9.80 Å². The second-order valence-corrected chi connectivity index (χ2v) is 7.09. The van der Waals surface area contributed by atoms with Crippen molar-refractivity contribution in [2.24, 2.45) is 0 Å². The number of hydrogen-bond donors (Lipinski definition) is 0. The Morgan fingerprint density at radius 1 is 0.759 bits per heavy atom. The number of anilines is 1. The summed E-state index contributed by atoms with van der Waals surface area (Å²) >= 11 is 0. The predicted octanol–water partition coefficient (Wildman–Crippen LogP) is 4.72. The third kappa shape index (κ3) is 4.54. The zero-order chi connectivity index (χ0) is 20.1. The number of halogens is 1. The minimum Gasteiger partial charge on any atom is -0.368 e. The molecule has 146 valence electrons. The molecule has 3 aromatic rings. The summed E-state index contributed by atoms with van der Waals surface area (Å²) in [6.07, 6.45) is 1.96. The van der Waals surface area contributed by atoms with Gasteiger partial charge in [-0.05, 0) is 41.5 Å². The van der Waals surface area contributed by atoms with Gasteiger partial charge >= 0.3 is 0 Å². The molecule has 1 aliphatic heterocycles. The lowest BCUT2D eigenvalue weighted by Gasteiger charge is -2.36. The Morgan fingerprint density at radius 3 is 1.97 bits per heavy atom. The van der Waals surface area contributed by atoms with Crippen LogP contribution in [0.15, 0.2) is 84.9 Å². The van der Waals surface area contributed by atoms with Crippen LogP contribution in [-0.2, 0) is 4.79 Å². The van der Waals surface area contributed by atoms with Crippen LogP contribution in [0.2, 0.25) is 0 Å². The van der Waals surface area contributed by atoms with E-state index in [2.05, 4.69) is 4.90 Å². The molecule has 1 amide bonds. The van der Waals surface area contributed by atoms with Crippen molar-refractivity contribution in [1.29, 1.82) is 0 Å². The van der Waals surface area contributed by atoms with Crippen LogP contribution in [-0.4, -0.2) is 37.0 Å². The number of carbonyl (C=O) groups is 1. The van der Waals surface area contributed by atoms with Crippen LogP contribution >= 0.6 is 0 Å². The maximum atomic E-state index is 13.4. The predicted molar refractivity (Wildman–Crippen MR) is 116 cm³/mol. The fraction of sp³-hybridized carbons (Fsp3) is 0.160. The van der Waals surface area contributed by atoms with Crippen molar-refractivity contribution in [2.45, 2.75) is 0 Å². The van der Waals surface area contributed by atoms with Crippen molar-refractivity contribution in [3.63, 3.8) is 0 Å². The second-order valence-electron chi connectivity index (χ2n) is 7.09. The molecule has 0 aromatic heterocycles. The zero-order valence-electron chi connectivity index (χ0n) is 16.2. The van der Waals surface area contributed by atoms with Gasteiger partial charge in [0, 0.05) is 37.4 Å². The maximum absolute atomic E-state index is 13.4. The van der Waals surface area contributed by atoms with Crippen molar-refractivity contribution >= 4 is 23.2 Å². The quantitative estimate of drug-likeness (QED) is 0.479. The monoisotopic (exact) mass is 386 g/mol. The molecule has 0 atom stereocenters. The van der Waals surface area contributed by atoms with Gasteiger partial charge in [0.25, 0.3) is 5.91 Å². The summed E-state index contributed by atoms with van der Waals surface area (Å²) in [5, 5.41) is 0. The van der Waals surface area contributed by atoms with Crippen molar-refractivity contribution in [3.8, 4) is 0 Å². The lowest BCUT2D eigenvalue weighted by atomic mass is 10.0. The standard InChI is InChI=1S/C25H23FN2O/c26-22-11-13-23(14-12-22)27-15-17-28(18-16-27)25(29)24(21-9-5-2-6-10-21)19-20-7-3-1-4-8-20/h1-14,19H,15-18H2. The molecule has 3 nitrogen and oxygen atoms in total. The summed E-state index contributed by atoms with van der Waals surface area (Å²) in [6.45, 7) is 2.72. The third-order valence-corrected chi connectivity index (χ3v) is 5.18. The Hall–Kier alpha value is -3.40. The maximum Gasteiger partial charge on any atom is 0.254 e. The van der Waals surface area contributed by atoms with Crippen LogP contribution in [0.25, 0.3) is 11.6 Å². The summed E-state index contributed by atoms with van der Waals surface area (Å²) in [4.78, 5) is 17.5. The molecule has 0 bridgehead atoms. The highest BCUT2D eigenvalue weighted by atomic mass is 19.1. The number of benzene rings is 3. The van der Waals surface area contributed by atoms with Crippen LogP contribution in [0.3, 0.4) is 0 Å². The molecule has 3 aromatic carbocycles. The first-order valence-corrected chi connectivity index (χ1v) is 9.83. The van der Waals surface area contributed by atoms with E-state index in [0.29, 0.717) is 18.7 Å². The van der Waals surface area contributed by atoms with E-state index in [9.17, 15) is 9.18 Å². The Kier molecular flexibility index (Phi) is 5.71. The van der Waals surface area contributed by atoms with Crippen molar-refractivity contribution in [1.82, 2.24) is 4.90 Å². The van der Waals surface area contributed by atoms with Crippen molar-refractivity contribution < 1.29 is 9.18 Å². The van der Waals surface area contributed by atoms with E-state index in [1.54, 1.807) is 12.1 Å². The van der Waals surface area contributed by atoms with Gasteiger partial charge in [0.2, 0.25) is 0 Å². The van der Waals surface area contributed by atoms with Gasteiger partial charge in [-0.15, -0.1) is 0 Å². The van der Waals surface area contributed by atoms with Crippen molar-refractivity contribution in [3.05, 3.63) is 102 Å². The second kappa shape index (κ2) is 8.74. The topological polar surface area (TPSA) is 23.6 Å². The lowest BCUT2D eigenvalue weighted by Crippen LogP contribution is -2.49. The molecule has 0 unspecified atom stereocenters. The van der Waals surface area contributed by atoms with Crippen LogP contribution in [0, 0.1) is 5.82 Å². The van der Waals surface area contributed by atoms with Crippen LogP contribution in [0.1, 0.15) is 11.1 Å². The summed E-state index contributed by atoms with van der Waals surface area (Å²) < 4.78 is 13.2. The van der Waals surface area contributed by atoms with E-state index in [-0.39, 0.29) is 11.7 Å². The molecule has 4 rings (SSSR count). The van der Waals surface area contributed by atoms with Crippen LogP contribution in [0.5, 0.6) is 0 Å². The van der Waals surface area contributed by atoms with E-state index in [1.807, 2.05) is 71.6 Å². The number of piperazine rings is 1. The summed E-state index contributed by atoms with van der Waals surface area (Å²) in [5.74, 6) is -0.195. The highest BCUT2D eigenvalue weighted by Gasteiger charge is 2.24. The molecule has 4 heteroatoms. The minimum absolute atomic E-state index is 0.0406. The van der Waals surface area contributed by atoms with E-state index >= 15 is 0 Å². The van der Waals surface area contributed by atoms with Gasteiger partial charge in [-0.2, -0.15) is 0 Å². The SMILES string of the molecule is O=C(C(=Cc1ccccc1)c1ccccc1)N1CCN(c2ccc(F)cc2)CC1. The number of rotatable bonds is 4. The smallest absolute Gasteiger partial charge is 0.254 e. The number of carbonyl (C=O) groups excluding carboxylic acids is 1.